The molecule has 0 aromatic heterocycles. The van der Waals surface area contributed by atoms with Crippen molar-refractivity contribution in [2.45, 2.75) is 38.6 Å². The highest BCUT2D eigenvalue weighted by Gasteiger charge is 2.24. The van der Waals surface area contributed by atoms with Gasteiger partial charge in [-0.1, -0.05) is 6.92 Å². The van der Waals surface area contributed by atoms with E-state index in [1.54, 1.807) is 0 Å². The molecule has 2 unspecified atom stereocenters. The summed E-state index contributed by atoms with van der Waals surface area (Å²) in [5.41, 5.74) is 0. The summed E-state index contributed by atoms with van der Waals surface area (Å²) < 4.78 is 26.0. The largest absolute Gasteiger partial charge is 0.320 e. The molecule has 90 valence electrons. The van der Waals surface area contributed by atoms with Crippen LogP contribution in [-0.4, -0.2) is 33.8 Å². The van der Waals surface area contributed by atoms with Gasteiger partial charge in [-0.15, -0.1) is 0 Å². The summed E-state index contributed by atoms with van der Waals surface area (Å²) in [4.78, 5) is 0. The van der Waals surface area contributed by atoms with Gasteiger partial charge in [-0.05, 0) is 45.2 Å². The number of nitrogens with one attached hydrogen (secondary N) is 2. The minimum Gasteiger partial charge on any atom is -0.320 e. The van der Waals surface area contributed by atoms with Gasteiger partial charge in [0, 0.05) is 6.04 Å². The second kappa shape index (κ2) is 5.82. The van der Waals surface area contributed by atoms with Gasteiger partial charge in [-0.3, -0.25) is 0 Å². The smallest absolute Gasteiger partial charge is 0.211 e. The van der Waals surface area contributed by atoms with E-state index in [1.807, 2.05) is 7.05 Å². The summed E-state index contributed by atoms with van der Waals surface area (Å²) in [6, 6.07) is 0.180. The number of hydrogen-bond donors (Lipinski definition) is 2. The second-order valence-corrected chi connectivity index (χ2v) is 6.38. The molecule has 0 amide bonds. The van der Waals surface area contributed by atoms with Gasteiger partial charge in [0.05, 0.1) is 5.75 Å². The standard InChI is InChI=1S/C10H22N2O2S/c1-9-4-5-10(8-9)12-15(13,14)7-3-6-11-2/h9-12H,3-8H2,1-2H3. The van der Waals surface area contributed by atoms with E-state index in [2.05, 4.69) is 17.0 Å². The Labute approximate surface area is 92.9 Å². The maximum absolute atomic E-state index is 11.6. The molecule has 2 atom stereocenters. The Morgan fingerprint density at radius 3 is 2.60 bits per heavy atom. The molecule has 1 aliphatic carbocycles. The van der Waals surface area contributed by atoms with E-state index in [9.17, 15) is 8.42 Å². The third-order valence-electron chi connectivity index (χ3n) is 2.88. The van der Waals surface area contributed by atoms with Crippen LogP contribution >= 0.6 is 0 Å². The Kier molecular flexibility index (Phi) is 5.02. The molecule has 15 heavy (non-hydrogen) atoms. The summed E-state index contributed by atoms with van der Waals surface area (Å²) in [6.07, 6.45) is 3.80. The lowest BCUT2D eigenvalue weighted by Crippen LogP contribution is -2.35. The van der Waals surface area contributed by atoms with E-state index in [1.165, 1.54) is 0 Å². The zero-order valence-electron chi connectivity index (χ0n) is 9.62. The maximum atomic E-state index is 11.6. The van der Waals surface area contributed by atoms with Gasteiger partial charge in [0.1, 0.15) is 0 Å². The van der Waals surface area contributed by atoms with Gasteiger partial charge in [0.25, 0.3) is 0 Å². The van der Waals surface area contributed by atoms with Crippen molar-refractivity contribution in [2.24, 2.45) is 5.92 Å². The third-order valence-corrected chi connectivity index (χ3v) is 4.40. The van der Waals surface area contributed by atoms with E-state index in [0.717, 1.165) is 25.8 Å². The fraction of sp³-hybridized carbons (Fsp3) is 1.00. The monoisotopic (exact) mass is 234 g/mol. The fourth-order valence-electron chi connectivity index (χ4n) is 2.07. The minimum atomic E-state index is -3.05. The first-order valence-corrected chi connectivity index (χ1v) is 7.33. The first-order chi connectivity index (χ1) is 7.03. The lowest BCUT2D eigenvalue weighted by molar-refractivity contribution is 0.536. The molecule has 1 aliphatic rings. The van der Waals surface area contributed by atoms with Crippen molar-refractivity contribution in [3.8, 4) is 0 Å². The highest BCUT2D eigenvalue weighted by Crippen LogP contribution is 2.25. The summed E-state index contributed by atoms with van der Waals surface area (Å²) in [7, 11) is -1.22. The van der Waals surface area contributed by atoms with Crippen LogP contribution in [0.3, 0.4) is 0 Å². The molecule has 0 spiro atoms. The van der Waals surface area contributed by atoms with Gasteiger partial charge in [-0.2, -0.15) is 0 Å². The van der Waals surface area contributed by atoms with Crippen molar-refractivity contribution < 1.29 is 8.42 Å². The molecular weight excluding hydrogens is 212 g/mol. The van der Waals surface area contributed by atoms with Crippen LogP contribution in [0.4, 0.5) is 0 Å². The molecule has 0 aromatic rings. The van der Waals surface area contributed by atoms with Crippen molar-refractivity contribution in [3.05, 3.63) is 0 Å². The summed E-state index contributed by atoms with van der Waals surface area (Å²) in [5.74, 6) is 0.897. The topological polar surface area (TPSA) is 58.2 Å². The molecule has 5 heteroatoms. The molecule has 0 aliphatic heterocycles. The fourth-order valence-corrected chi connectivity index (χ4v) is 3.43. The Balaban J connectivity index is 2.29. The van der Waals surface area contributed by atoms with Crippen LogP contribution in [0, 0.1) is 5.92 Å². The average Bonchev–Trinajstić information content (AvgIpc) is 2.50. The Bertz CT molecular complexity index is 277. The number of rotatable bonds is 6. The Hall–Kier alpha value is -0.130. The first-order valence-electron chi connectivity index (χ1n) is 5.68. The SMILES string of the molecule is CNCCCS(=O)(=O)NC1CCC(C)C1. The molecule has 0 radical (unpaired) electrons. The van der Waals surface area contributed by atoms with Crippen LogP contribution in [-0.2, 0) is 10.0 Å². The van der Waals surface area contributed by atoms with Crippen LogP contribution in [0.2, 0.25) is 0 Å². The van der Waals surface area contributed by atoms with Crippen LogP contribution in [0.5, 0.6) is 0 Å². The second-order valence-electron chi connectivity index (χ2n) is 4.51. The highest BCUT2D eigenvalue weighted by atomic mass is 32.2. The van der Waals surface area contributed by atoms with Gasteiger partial charge in [-0.25, -0.2) is 13.1 Å². The lowest BCUT2D eigenvalue weighted by atomic mass is 10.1. The predicted molar refractivity (Wildman–Crippen MR) is 62.3 cm³/mol. The van der Waals surface area contributed by atoms with Gasteiger partial charge >= 0.3 is 0 Å². The minimum absolute atomic E-state index is 0.180. The van der Waals surface area contributed by atoms with Crippen molar-refractivity contribution in [2.75, 3.05) is 19.3 Å². The van der Waals surface area contributed by atoms with Gasteiger partial charge < -0.3 is 5.32 Å². The molecular formula is C10H22N2O2S. The normalized spacial score (nSPS) is 27.1. The molecule has 1 rings (SSSR count). The summed E-state index contributed by atoms with van der Waals surface area (Å²) in [6.45, 7) is 2.93. The molecule has 4 nitrogen and oxygen atoms in total. The molecule has 1 fully saturated rings. The van der Waals surface area contributed by atoms with Crippen LogP contribution < -0.4 is 10.0 Å². The van der Waals surface area contributed by atoms with Crippen LogP contribution in [0.1, 0.15) is 32.6 Å². The summed E-state index contributed by atoms with van der Waals surface area (Å²) >= 11 is 0. The van der Waals surface area contributed by atoms with Crippen LogP contribution in [0.25, 0.3) is 0 Å². The van der Waals surface area contributed by atoms with E-state index >= 15 is 0 Å². The number of sulfonamides is 1. The summed E-state index contributed by atoms with van der Waals surface area (Å²) in [5, 5.41) is 2.95. The Morgan fingerprint density at radius 2 is 2.07 bits per heavy atom. The quantitative estimate of drug-likeness (QED) is 0.665. The zero-order valence-corrected chi connectivity index (χ0v) is 10.4. The van der Waals surface area contributed by atoms with E-state index in [4.69, 9.17) is 0 Å². The van der Waals surface area contributed by atoms with Crippen molar-refractivity contribution in [1.82, 2.24) is 10.0 Å². The van der Waals surface area contributed by atoms with Crippen molar-refractivity contribution in [1.29, 1.82) is 0 Å². The third kappa shape index (κ3) is 4.95. The zero-order chi connectivity index (χ0) is 11.3. The van der Waals surface area contributed by atoms with Gasteiger partial charge in [0.2, 0.25) is 10.0 Å². The average molecular weight is 234 g/mol. The predicted octanol–water partition coefficient (Wildman–Crippen LogP) is 0.704. The molecule has 1 saturated carbocycles. The molecule has 2 N–H and O–H groups in total. The Morgan fingerprint density at radius 1 is 1.33 bits per heavy atom. The molecule has 0 saturated heterocycles. The maximum Gasteiger partial charge on any atom is 0.211 e. The highest BCUT2D eigenvalue weighted by molar-refractivity contribution is 7.89. The van der Waals surface area contributed by atoms with E-state index < -0.39 is 10.0 Å². The van der Waals surface area contributed by atoms with E-state index in [0.29, 0.717) is 12.3 Å². The number of hydrogen-bond acceptors (Lipinski definition) is 3. The molecule has 0 bridgehead atoms. The molecule has 0 heterocycles. The van der Waals surface area contributed by atoms with E-state index in [-0.39, 0.29) is 11.8 Å². The van der Waals surface area contributed by atoms with Crippen molar-refractivity contribution >= 4 is 10.0 Å². The van der Waals surface area contributed by atoms with Crippen LogP contribution in [0.15, 0.2) is 0 Å². The molecule has 0 aromatic carbocycles. The van der Waals surface area contributed by atoms with Crippen molar-refractivity contribution in [3.63, 3.8) is 0 Å². The lowest BCUT2D eigenvalue weighted by Gasteiger charge is -2.12. The van der Waals surface area contributed by atoms with Gasteiger partial charge in [0.15, 0.2) is 0 Å². The first kappa shape index (κ1) is 12.9.